The molecule has 3 heteroatoms. The number of benzene rings is 1. The number of ether oxygens (including phenoxy) is 1. The molecule has 0 aliphatic carbocycles. The Kier molecular flexibility index (Phi) is 2.80. The summed E-state index contributed by atoms with van der Waals surface area (Å²) in [5.41, 5.74) is 7.71. The van der Waals surface area contributed by atoms with E-state index in [1.54, 1.807) is 0 Å². The van der Waals surface area contributed by atoms with E-state index in [1.807, 2.05) is 18.2 Å². The van der Waals surface area contributed by atoms with Crippen molar-refractivity contribution in [1.82, 2.24) is 0 Å². The molecule has 1 fully saturated rings. The molecule has 1 unspecified atom stereocenters. The zero-order valence-electron chi connectivity index (χ0n) is 10.2. The van der Waals surface area contributed by atoms with E-state index < -0.39 is 0 Å². The molecule has 1 saturated heterocycles. The summed E-state index contributed by atoms with van der Waals surface area (Å²) in [7, 11) is 0. The number of rotatable bonds is 1. The van der Waals surface area contributed by atoms with Crippen molar-refractivity contribution in [3.8, 4) is 0 Å². The Hall–Kier alpha value is -1.22. The highest BCUT2D eigenvalue weighted by Gasteiger charge is 2.31. The molecule has 1 aliphatic heterocycles. The van der Waals surface area contributed by atoms with E-state index in [1.165, 1.54) is 5.69 Å². The Morgan fingerprint density at radius 1 is 1.44 bits per heavy atom. The third kappa shape index (κ3) is 2.47. The van der Waals surface area contributed by atoms with Gasteiger partial charge in [-0.3, -0.25) is 0 Å². The molecule has 0 amide bonds. The van der Waals surface area contributed by atoms with Gasteiger partial charge in [-0.2, -0.15) is 0 Å². The van der Waals surface area contributed by atoms with Gasteiger partial charge in [0.05, 0.1) is 11.7 Å². The van der Waals surface area contributed by atoms with Gasteiger partial charge in [-0.25, -0.2) is 0 Å². The molecule has 0 aromatic heterocycles. The van der Waals surface area contributed by atoms with Crippen LogP contribution in [-0.4, -0.2) is 24.8 Å². The molecule has 3 nitrogen and oxygen atoms in total. The van der Waals surface area contributed by atoms with Gasteiger partial charge in [-0.15, -0.1) is 0 Å². The maximum atomic E-state index is 5.88. The smallest absolute Gasteiger partial charge is 0.0805 e. The molecule has 0 bridgehead atoms. The minimum atomic E-state index is -0.0950. The summed E-state index contributed by atoms with van der Waals surface area (Å²) in [4.78, 5) is 2.34. The third-order valence-electron chi connectivity index (χ3n) is 2.80. The van der Waals surface area contributed by atoms with Gasteiger partial charge in [-0.1, -0.05) is 6.07 Å². The highest BCUT2D eigenvalue weighted by Crippen LogP contribution is 2.26. The molecule has 0 saturated carbocycles. The predicted molar refractivity (Wildman–Crippen MR) is 67.7 cm³/mol. The number of morpholine rings is 1. The first kappa shape index (κ1) is 11.3. The van der Waals surface area contributed by atoms with Gasteiger partial charge in [0.1, 0.15) is 0 Å². The lowest BCUT2D eigenvalue weighted by molar-refractivity contribution is -0.0749. The first-order valence-corrected chi connectivity index (χ1v) is 5.75. The molecule has 1 aromatic carbocycles. The summed E-state index contributed by atoms with van der Waals surface area (Å²) in [6.07, 6.45) is 0.255. The van der Waals surface area contributed by atoms with Crippen molar-refractivity contribution >= 4 is 11.4 Å². The topological polar surface area (TPSA) is 38.5 Å². The lowest BCUT2D eigenvalue weighted by Crippen LogP contribution is -2.52. The molecule has 2 rings (SSSR count). The number of nitrogens with zero attached hydrogens (tertiary/aromatic N) is 1. The maximum Gasteiger partial charge on any atom is 0.0805 e. The minimum Gasteiger partial charge on any atom is -0.399 e. The van der Waals surface area contributed by atoms with Crippen molar-refractivity contribution in [2.75, 3.05) is 23.7 Å². The van der Waals surface area contributed by atoms with Crippen LogP contribution in [0, 0.1) is 0 Å². The molecule has 0 radical (unpaired) electrons. The van der Waals surface area contributed by atoms with Crippen LogP contribution in [-0.2, 0) is 4.74 Å². The van der Waals surface area contributed by atoms with E-state index in [4.69, 9.17) is 10.5 Å². The molecular formula is C13H20N2O. The lowest BCUT2D eigenvalue weighted by atomic mass is 10.0. The maximum absolute atomic E-state index is 5.88. The van der Waals surface area contributed by atoms with Crippen LogP contribution >= 0.6 is 0 Å². The van der Waals surface area contributed by atoms with Crippen LogP contribution in [0.1, 0.15) is 20.8 Å². The summed E-state index contributed by atoms with van der Waals surface area (Å²) in [5, 5.41) is 0. The molecule has 1 atom stereocenters. The second-order valence-corrected chi connectivity index (χ2v) is 5.16. The first-order valence-electron chi connectivity index (χ1n) is 5.75. The Bertz CT molecular complexity index is 376. The van der Waals surface area contributed by atoms with E-state index >= 15 is 0 Å². The largest absolute Gasteiger partial charge is 0.399 e. The fourth-order valence-electron chi connectivity index (χ4n) is 2.37. The van der Waals surface area contributed by atoms with E-state index in [2.05, 4.69) is 31.7 Å². The van der Waals surface area contributed by atoms with Crippen molar-refractivity contribution in [3.05, 3.63) is 24.3 Å². The van der Waals surface area contributed by atoms with Gasteiger partial charge in [0, 0.05) is 24.5 Å². The predicted octanol–water partition coefficient (Wildman–Crippen LogP) is 2.27. The quantitative estimate of drug-likeness (QED) is 0.738. The summed E-state index contributed by atoms with van der Waals surface area (Å²) >= 11 is 0. The highest BCUT2D eigenvalue weighted by molar-refractivity contribution is 5.56. The van der Waals surface area contributed by atoms with Crippen LogP contribution < -0.4 is 10.6 Å². The summed E-state index contributed by atoms with van der Waals surface area (Å²) in [6, 6.07) is 8.04. The van der Waals surface area contributed by atoms with E-state index in [0.29, 0.717) is 0 Å². The normalized spacial score (nSPS) is 24.4. The fourth-order valence-corrected chi connectivity index (χ4v) is 2.37. The SMILES string of the molecule is CC1CN(c2cccc(N)c2)CC(C)(C)O1. The molecular weight excluding hydrogens is 200 g/mol. The molecule has 1 aromatic rings. The Morgan fingerprint density at radius 3 is 2.81 bits per heavy atom. The van der Waals surface area contributed by atoms with Gasteiger partial charge in [0.15, 0.2) is 0 Å². The number of hydrogen-bond acceptors (Lipinski definition) is 3. The molecule has 88 valence electrons. The second kappa shape index (κ2) is 3.98. The van der Waals surface area contributed by atoms with Gasteiger partial charge in [0.2, 0.25) is 0 Å². The second-order valence-electron chi connectivity index (χ2n) is 5.16. The van der Waals surface area contributed by atoms with Gasteiger partial charge in [-0.05, 0) is 39.0 Å². The summed E-state index contributed by atoms with van der Waals surface area (Å²) < 4.78 is 5.88. The average molecular weight is 220 g/mol. The summed E-state index contributed by atoms with van der Waals surface area (Å²) in [6.45, 7) is 8.19. The minimum absolute atomic E-state index is 0.0950. The Balaban J connectivity index is 2.21. The third-order valence-corrected chi connectivity index (χ3v) is 2.80. The van der Waals surface area contributed by atoms with Crippen molar-refractivity contribution in [1.29, 1.82) is 0 Å². The number of anilines is 2. The van der Waals surface area contributed by atoms with Crippen molar-refractivity contribution in [3.63, 3.8) is 0 Å². The molecule has 0 spiro atoms. The van der Waals surface area contributed by atoms with E-state index in [-0.39, 0.29) is 11.7 Å². The number of nitrogen functional groups attached to an aromatic ring is 1. The average Bonchev–Trinajstić information content (AvgIpc) is 2.14. The van der Waals surface area contributed by atoms with Crippen LogP contribution in [0.5, 0.6) is 0 Å². The number of nitrogens with two attached hydrogens (primary N) is 1. The van der Waals surface area contributed by atoms with Gasteiger partial charge in [0.25, 0.3) is 0 Å². The van der Waals surface area contributed by atoms with Crippen LogP contribution in [0.15, 0.2) is 24.3 Å². The molecule has 2 N–H and O–H groups in total. The zero-order chi connectivity index (χ0) is 11.8. The Morgan fingerprint density at radius 2 is 2.19 bits per heavy atom. The van der Waals surface area contributed by atoms with Crippen LogP contribution in [0.4, 0.5) is 11.4 Å². The van der Waals surface area contributed by atoms with Crippen LogP contribution in [0.25, 0.3) is 0 Å². The summed E-state index contributed by atoms with van der Waals surface area (Å²) in [5.74, 6) is 0. The van der Waals surface area contributed by atoms with Crippen molar-refractivity contribution < 1.29 is 4.74 Å². The fraction of sp³-hybridized carbons (Fsp3) is 0.538. The van der Waals surface area contributed by atoms with Gasteiger partial charge >= 0.3 is 0 Å². The number of hydrogen-bond donors (Lipinski definition) is 1. The van der Waals surface area contributed by atoms with Crippen LogP contribution in [0.3, 0.4) is 0 Å². The van der Waals surface area contributed by atoms with Gasteiger partial charge < -0.3 is 15.4 Å². The van der Waals surface area contributed by atoms with Crippen LogP contribution in [0.2, 0.25) is 0 Å². The van der Waals surface area contributed by atoms with Crippen molar-refractivity contribution in [2.45, 2.75) is 32.5 Å². The monoisotopic (exact) mass is 220 g/mol. The highest BCUT2D eigenvalue weighted by atomic mass is 16.5. The zero-order valence-corrected chi connectivity index (χ0v) is 10.2. The lowest BCUT2D eigenvalue weighted by Gasteiger charge is -2.43. The Labute approximate surface area is 97.2 Å². The standard InChI is InChI=1S/C13H20N2O/c1-10-8-15(9-13(2,3)16-10)12-6-4-5-11(14)7-12/h4-7,10H,8-9,14H2,1-3H3. The molecule has 1 aliphatic rings. The first-order chi connectivity index (χ1) is 7.46. The molecule has 1 heterocycles. The molecule has 16 heavy (non-hydrogen) atoms. The van der Waals surface area contributed by atoms with E-state index in [0.717, 1.165) is 18.8 Å². The van der Waals surface area contributed by atoms with Crippen molar-refractivity contribution in [2.24, 2.45) is 0 Å². The van der Waals surface area contributed by atoms with E-state index in [9.17, 15) is 0 Å².